The van der Waals surface area contributed by atoms with Gasteiger partial charge in [-0.05, 0) is 0 Å². The number of nitro benzene ring substituents is 1. The predicted molar refractivity (Wildman–Crippen MR) is 62.2 cm³/mol. The van der Waals surface area contributed by atoms with E-state index in [1.165, 1.54) is 0 Å². The van der Waals surface area contributed by atoms with Crippen LogP contribution in [0.5, 0.6) is 5.75 Å². The predicted octanol–water partition coefficient (Wildman–Crippen LogP) is 0.235. The van der Waals surface area contributed by atoms with Crippen LogP contribution in [-0.4, -0.2) is 31.0 Å². The van der Waals surface area contributed by atoms with Gasteiger partial charge in [0.1, 0.15) is 10.7 Å². The molecular formula is C9H9FN2O7S. The van der Waals surface area contributed by atoms with Crippen molar-refractivity contribution >= 4 is 21.7 Å². The third kappa shape index (κ3) is 3.86. The van der Waals surface area contributed by atoms with Crippen molar-refractivity contribution in [2.45, 2.75) is 11.3 Å². The van der Waals surface area contributed by atoms with E-state index in [1.54, 1.807) is 0 Å². The molecule has 0 aliphatic heterocycles. The van der Waals surface area contributed by atoms with E-state index in [-0.39, 0.29) is 0 Å². The Morgan fingerprint density at radius 2 is 2.10 bits per heavy atom. The minimum atomic E-state index is -4.47. The summed E-state index contributed by atoms with van der Waals surface area (Å²) in [6.45, 7) is -0.440. The third-order valence-electron chi connectivity index (χ3n) is 2.09. The Morgan fingerprint density at radius 3 is 2.55 bits per heavy atom. The highest BCUT2D eigenvalue weighted by Gasteiger charge is 2.25. The average molecular weight is 308 g/mol. The van der Waals surface area contributed by atoms with Gasteiger partial charge >= 0.3 is 11.7 Å². The number of nitrogens with zero attached hydrogens (tertiary/aromatic N) is 1. The summed E-state index contributed by atoms with van der Waals surface area (Å²) >= 11 is 0. The fourth-order valence-corrected chi connectivity index (χ4v) is 1.86. The third-order valence-corrected chi connectivity index (χ3v) is 3.02. The van der Waals surface area contributed by atoms with Gasteiger partial charge in [-0.3, -0.25) is 14.9 Å². The highest BCUT2D eigenvalue weighted by atomic mass is 32.2. The molecule has 11 heteroatoms. The lowest BCUT2D eigenvalue weighted by Crippen LogP contribution is -2.15. The van der Waals surface area contributed by atoms with Gasteiger partial charge in [-0.15, -0.1) is 0 Å². The van der Waals surface area contributed by atoms with Crippen molar-refractivity contribution in [2.24, 2.45) is 5.14 Å². The molecule has 1 aromatic carbocycles. The van der Waals surface area contributed by atoms with Crippen molar-refractivity contribution < 1.29 is 32.4 Å². The Bertz CT molecular complexity index is 659. The maximum Gasteiger partial charge on any atom is 0.312 e. The lowest BCUT2D eigenvalue weighted by atomic mass is 10.3. The number of aliphatic carboxylic acids is 1. The maximum absolute atomic E-state index is 13.5. The number of carboxylic acids is 1. The van der Waals surface area contributed by atoms with Gasteiger partial charge in [0.2, 0.25) is 10.0 Å². The second kappa shape index (κ2) is 5.79. The fraction of sp³-hybridized carbons (Fsp3) is 0.222. The molecule has 0 heterocycles. The molecule has 110 valence electrons. The van der Waals surface area contributed by atoms with Gasteiger partial charge < -0.3 is 9.84 Å². The van der Waals surface area contributed by atoms with Gasteiger partial charge in [-0.2, -0.15) is 0 Å². The quantitative estimate of drug-likeness (QED) is 0.564. The maximum atomic E-state index is 13.5. The number of carbonyl (C=O) groups is 1. The van der Waals surface area contributed by atoms with Crippen LogP contribution in [0, 0.1) is 15.9 Å². The highest BCUT2D eigenvalue weighted by molar-refractivity contribution is 7.89. The summed E-state index contributed by atoms with van der Waals surface area (Å²) in [6, 6.07) is 0.889. The fourth-order valence-electron chi connectivity index (χ4n) is 1.25. The Hall–Kier alpha value is -2.27. The molecule has 0 aliphatic rings. The zero-order valence-corrected chi connectivity index (χ0v) is 10.6. The second-order valence-electron chi connectivity index (χ2n) is 3.54. The Morgan fingerprint density at radius 1 is 1.50 bits per heavy atom. The first-order valence-corrected chi connectivity index (χ1v) is 6.53. The molecule has 0 radical (unpaired) electrons. The first-order chi connectivity index (χ1) is 9.12. The van der Waals surface area contributed by atoms with Crippen LogP contribution in [0.1, 0.15) is 6.42 Å². The molecule has 0 spiro atoms. The first kappa shape index (κ1) is 15.8. The number of rotatable bonds is 6. The van der Waals surface area contributed by atoms with Crippen molar-refractivity contribution in [3.63, 3.8) is 0 Å². The number of hydrogen-bond donors (Lipinski definition) is 2. The summed E-state index contributed by atoms with van der Waals surface area (Å²) in [4.78, 5) is 19.0. The molecule has 0 fully saturated rings. The molecule has 1 aromatic rings. The van der Waals surface area contributed by atoms with Crippen LogP contribution in [0.25, 0.3) is 0 Å². The van der Waals surface area contributed by atoms with Crippen LogP contribution in [0.2, 0.25) is 0 Å². The van der Waals surface area contributed by atoms with Crippen LogP contribution >= 0.6 is 0 Å². The van der Waals surface area contributed by atoms with E-state index in [0.29, 0.717) is 12.1 Å². The highest BCUT2D eigenvalue weighted by Crippen LogP contribution is 2.31. The largest absolute Gasteiger partial charge is 0.486 e. The molecular weight excluding hydrogens is 299 g/mol. The number of nitro groups is 1. The number of benzene rings is 1. The molecule has 3 N–H and O–H groups in total. The molecule has 0 aromatic heterocycles. The standard InChI is InChI=1S/C9H9FN2O7S/c10-5-3-7(19-2-1-9(13)14)6(12(15)16)4-8(5)20(11,17)18/h3-4H,1-2H2,(H,13,14)(H2,11,17,18). The molecule has 1 rings (SSSR count). The SMILES string of the molecule is NS(=O)(=O)c1cc([N+](=O)[O-])c(OCCC(=O)O)cc1F. The summed E-state index contributed by atoms with van der Waals surface area (Å²) in [7, 11) is -4.47. The number of sulfonamides is 1. The molecule has 0 saturated heterocycles. The van der Waals surface area contributed by atoms with E-state index in [4.69, 9.17) is 15.0 Å². The Balaban J connectivity index is 3.22. The monoisotopic (exact) mass is 308 g/mol. The lowest BCUT2D eigenvalue weighted by Gasteiger charge is -2.07. The van der Waals surface area contributed by atoms with Crippen LogP contribution in [-0.2, 0) is 14.8 Å². The zero-order valence-electron chi connectivity index (χ0n) is 9.78. The molecule has 0 atom stereocenters. The minimum Gasteiger partial charge on any atom is -0.486 e. The van der Waals surface area contributed by atoms with Gasteiger partial charge in [-0.25, -0.2) is 17.9 Å². The van der Waals surface area contributed by atoms with Crippen molar-refractivity contribution in [1.82, 2.24) is 0 Å². The van der Waals surface area contributed by atoms with Crippen LogP contribution < -0.4 is 9.88 Å². The number of nitrogens with two attached hydrogens (primary N) is 1. The Labute approximate surface area is 112 Å². The average Bonchev–Trinajstić information content (AvgIpc) is 2.26. The zero-order chi connectivity index (χ0) is 15.5. The number of hydrogen-bond acceptors (Lipinski definition) is 6. The van der Waals surface area contributed by atoms with E-state index < -0.39 is 56.1 Å². The van der Waals surface area contributed by atoms with E-state index in [1.807, 2.05) is 0 Å². The minimum absolute atomic E-state index is 0.417. The van der Waals surface area contributed by atoms with Crippen LogP contribution in [0.15, 0.2) is 17.0 Å². The molecule has 0 bridgehead atoms. The molecule has 0 aliphatic carbocycles. The van der Waals surface area contributed by atoms with E-state index >= 15 is 0 Å². The van der Waals surface area contributed by atoms with Gasteiger partial charge in [0.25, 0.3) is 0 Å². The van der Waals surface area contributed by atoms with Crippen LogP contribution in [0.4, 0.5) is 10.1 Å². The van der Waals surface area contributed by atoms with E-state index in [9.17, 15) is 27.7 Å². The topological polar surface area (TPSA) is 150 Å². The summed E-state index contributed by atoms with van der Waals surface area (Å²) in [5.74, 6) is -3.13. The summed E-state index contributed by atoms with van der Waals surface area (Å²) in [6.07, 6.45) is -0.463. The molecule has 0 saturated carbocycles. The second-order valence-corrected chi connectivity index (χ2v) is 5.07. The number of primary sulfonamides is 1. The number of carboxylic acid groups (broad SMARTS) is 1. The normalized spacial score (nSPS) is 11.1. The molecule has 0 amide bonds. The Kier molecular flexibility index (Phi) is 4.57. The first-order valence-electron chi connectivity index (χ1n) is 4.98. The van der Waals surface area contributed by atoms with Crippen molar-refractivity contribution in [2.75, 3.05) is 6.61 Å². The summed E-state index contributed by atoms with van der Waals surface area (Å²) in [5.41, 5.74) is -0.833. The van der Waals surface area contributed by atoms with E-state index in [2.05, 4.69) is 0 Å². The van der Waals surface area contributed by atoms with Crippen molar-refractivity contribution in [1.29, 1.82) is 0 Å². The van der Waals surface area contributed by atoms with Gasteiger partial charge in [-0.1, -0.05) is 0 Å². The summed E-state index contributed by atoms with van der Waals surface area (Å²) in [5, 5.41) is 23.9. The molecule has 0 unspecified atom stereocenters. The molecule has 9 nitrogen and oxygen atoms in total. The smallest absolute Gasteiger partial charge is 0.312 e. The van der Waals surface area contributed by atoms with Crippen LogP contribution in [0.3, 0.4) is 0 Å². The number of halogens is 1. The van der Waals surface area contributed by atoms with Gasteiger partial charge in [0, 0.05) is 12.1 Å². The van der Waals surface area contributed by atoms with E-state index in [0.717, 1.165) is 0 Å². The van der Waals surface area contributed by atoms with Crippen molar-refractivity contribution in [3.05, 3.63) is 28.1 Å². The number of ether oxygens (including phenoxy) is 1. The van der Waals surface area contributed by atoms with Gasteiger partial charge in [0.15, 0.2) is 5.75 Å². The molecule has 20 heavy (non-hydrogen) atoms. The summed E-state index contributed by atoms with van der Waals surface area (Å²) < 4.78 is 40.3. The van der Waals surface area contributed by atoms with Crippen molar-refractivity contribution in [3.8, 4) is 5.75 Å². The van der Waals surface area contributed by atoms with Gasteiger partial charge in [0.05, 0.1) is 18.0 Å². The lowest BCUT2D eigenvalue weighted by molar-refractivity contribution is -0.386.